The molecule has 0 aliphatic carbocycles. The lowest BCUT2D eigenvalue weighted by Gasteiger charge is -2.34. The Kier molecular flexibility index (Phi) is 6.17. The maximum Gasteiger partial charge on any atom is 0.410 e. The van der Waals surface area contributed by atoms with Gasteiger partial charge in [-0.05, 0) is 52.4 Å². The third-order valence-corrected chi connectivity index (χ3v) is 3.40. The number of rotatable bonds is 4. The summed E-state index contributed by atoms with van der Waals surface area (Å²) in [4.78, 5) is 13.6. The number of ether oxygens (including phenoxy) is 1. The minimum absolute atomic E-state index is 0.237. The quantitative estimate of drug-likeness (QED) is 0.866. The fourth-order valence-corrected chi connectivity index (χ4v) is 2.35. The normalized spacial score (nSPS) is 21.9. The maximum absolute atomic E-state index is 12.4. The van der Waals surface area contributed by atoms with Gasteiger partial charge < -0.3 is 15.4 Å². The first-order chi connectivity index (χ1) is 9.19. The first-order valence-electron chi connectivity index (χ1n) is 7.20. The van der Waals surface area contributed by atoms with Gasteiger partial charge in [-0.1, -0.05) is 0 Å². The van der Waals surface area contributed by atoms with Crippen molar-refractivity contribution in [2.45, 2.75) is 64.5 Å². The topological polar surface area (TPSA) is 55.6 Å². The van der Waals surface area contributed by atoms with Crippen molar-refractivity contribution in [2.75, 3.05) is 13.1 Å². The average Bonchev–Trinajstić information content (AvgIpc) is 2.34. The highest BCUT2D eigenvalue weighted by Gasteiger charge is 2.28. The second kappa shape index (κ2) is 7.20. The smallest absolute Gasteiger partial charge is 0.410 e. The Bertz CT molecular complexity index is 319. The van der Waals surface area contributed by atoms with Crippen molar-refractivity contribution in [3.8, 4) is 0 Å². The molecule has 0 radical (unpaired) electrons. The van der Waals surface area contributed by atoms with Crippen molar-refractivity contribution in [3.05, 3.63) is 0 Å². The Labute approximate surface area is 119 Å². The summed E-state index contributed by atoms with van der Waals surface area (Å²) in [6, 6.07) is -1.06. The molecule has 1 heterocycles. The predicted octanol–water partition coefficient (Wildman–Crippen LogP) is 3.01. The van der Waals surface area contributed by atoms with E-state index in [2.05, 4.69) is 0 Å². The van der Waals surface area contributed by atoms with Crippen LogP contribution < -0.4 is 5.73 Å². The van der Waals surface area contributed by atoms with Crippen LogP contribution in [0.15, 0.2) is 0 Å². The Morgan fingerprint density at radius 3 is 2.65 bits per heavy atom. The molecule has 20 heavy (non-hydrogen) atoms. The van der Waals surface area contributed by atoms with Crippen LogP contribution in [0.4, 0.5) is 13.6 Å². The molecule has 1 amide bonds. The van der Waals surface area contributed by atoms with E-state index in [4.69, 9.17) is 10.5 Å². The minimum Gasteiger partial charge on any atom is -0.444 e. The molecule has 4 nitrogen and oxygen atoms in total. The first-order valence-corrected chi connectivity index (χ1v) is 7.20. The van der Waals surface area contributed by atoms with Crippen molar-refractivity contribution in [3.63, 3.8) is 0 Å². The van der Waals surface area contributed by atoms with Gasteiger partial charge in [0, 0.05) is 13.1 Å². The van der Waals surface area contributed by atoms with Crippen LogP contribution in [-0.2, 0) is 4.74 Å². The lowest BCUT2D eigenvalue weighted by molar-refractivity contribution is 0.0155. The summed E-state index contributed by atoms with van der Waals surface area (Å²) in [7, 11) is 0. The summed E-state index contributed by atoms with van der Waals surface area (Å²) >= 11 is 0. The highest BCUT2D eigenvalue weighted by Crippen LogP contribution is 2.23. The zero-order valence-corrected chi connectivity index (χ0v) is 12.6. The van der Waals surface area contributed by atoms with E-state index >= 15 is 0 Å². The van der Waals surface area contributed by atoms with E-state index in [9.17, 15) is 13.6 Å². The molecule has 0 saturated carbocycles. The summed E-state index contributed by atoms with van der Waals surface area (Å²) in [5, 5.41) is 0. The Balaban J connectivity index is 2.40. The van der Waals surface area contributed by atoms with Gasteiger partial charge in [-0.2, -0.15) is 0 Å². The summed E-state index contributed by atoms with van der Waals surface area (Å²) in [6.07, 6.45) is -0.0285. The van der Waals surface area contributed by atoms with E-state index in [-0.39, 0.29) is 12.0 Å². The van der Waals surface area contributed by atoms with E-state index in [0.717, 1.165) is 12.8 Å². The van der Waals surface area contributed by atoms with Crippen LogP contribution in [0.3, 0.4) is 0 Å². The monoisotopic (exact) mass is 292 g/mol. The molecular formula is C14H26F2N2O2. The summed E-state index contributed by atoms with van der Waals surface area (Å²) in [6.45, 7) is 6.73. The van der Waals surface area contributed by atoms with Gasteiger partial charge >= 0.3 is 6.09 Å². The predicted molar refractivity (Wildman–Crippen MR) is 73.7 cm³/mol. The molecule has 0 aromatic carbocycles. The maximum atomic E-state index is 12.4. The molecule has 0 spiro atoms. The van der Waals surface area contributed by atoms with E-state index in [0.29, 0.717) is 25.9 Å². The third-order valence-electron chi connectivity index (χ3n) is 3.40. The Hall–Kier alpha value is -0.910. The second-order valence-electron chi connectivity index (χ2n) is 6.51. The van der Waals surface area contributed by atoms with Gasteiger partial charge in [-0.15, -0.1) is 0 Å². The molecule has 1 aliphatic rings. The number of nitrogens with zero attached hydrogens (tertiary/aromatic N) is 1. The van der Waals surface area contributed by atoms with E-state index in [1.807, 2.05) is 20.8 Å². The zero-order chi connectivity index (χ0) is 15.3. The van der Waals surface area contributed by atoms with Crippen LogP contribution in [0.5, 0.6) is 0 Å². The van der Waals surface area contributed by atoms with Crippen molar-refractivity contribution < 1.29 is 18.3 Å². The number of carbonyl (C=O) groups is 1. The van der Waals surface area contributed by atoms with Crippen molar-refractivity contribution in [2.24, 2.45) is 11.7 Å². The number of hydrogen-bond donors (Lipinski definition) is 1. The third kappa shape index (κ3) is 6.03. The van der Waals surface area contributed by atoms with Crippen LogP contribution >= 0.6 is 0 Å². The Morgan fingerprint density at radius 2 is 2.10 bits per heavy atom. The van der Waals surface area contributed by atoms with E-state index in [1.165, 1.54) is 0 Å². The van der Waals surface area contributed by atoms with Gasteiger partial charge in [-0.3, -0.25) is 0 Å². The van der Waals surface area contributed by atoms with E-state index < -0.39 is 18.1 Å². The molecule has 1 fully saturated rings. The molecule has 0 aromatic rings. The van der Waals surface area contributed by atoms with Crippen LogP contribution in [0.1, 0.15) is 46.5 Å². The van der Waals surface area contributed by atoms with Crippen LogP contribution in [0, 0.1) is 5.92 Å². The largest absolute Gasteiger partial charge is 0.444 e. The number of hydrogen-bond acceptors (Lipinski definition) is 3. The molecule has 6 heteroatoms. The van der Waals surface area contributed by atoms with Gasteiger partial charge in [-0.25, -0.2) is 13.6 Å². The first kappa shape index (κ1) is 17.1. The van der Waals surface area contributed by atoms with E-state index in [1.54, 1.807) is 4.90 Å². The highest BCUT2D eigenvalue weighted by atomic mass is 19.3. The number of halogens is 2. The molecule has 1 aliphatic heterocycles. The number of amides is 1. The van der Waals surface area contributed by atoms with Gasteiger partial charge in [0.05, 0.1) is 6.04 Å². The number of nitrogens with two attached hydrogens (primary N) is 1. The van der Waals surface area contributed by atoms with Crippen LogP contribution in [0.25, 0.3) is 0 Å². The lowest BCUT2D eigenvalue weighted by atomic mass is 9.92. The molecule has 2 atom stereocenters. The minimum atomic E-state index is -2.47. The second-order valence-corrected chi connectivity index (χ2v) is 6.51. The average molecular weight is 292 g/mol. The summed E-state index contributed by atoms with van der Waals surface area (Å²) < 4.78 is 30.1. The van der Waals surface area contributed by atoms with Gasteiger partial charge in [0.2, 0.25) is 0 Å². The van der Waals surface area contributed by atoms with Crippen LogP contribution in [0.2, 0.25) is 0 Å². The van der Waals surface area contributed by atoms with Crippen molar-refractivity contribution >= 4 is 6.09 Å². The van der Waals surface area contributed by atoms with Crippen molar-refractivity contribution in [1.29, 1.82) is 0 Å². The number of alkyl halides is 2. The lowest BCUT2D eigenvalue weighted by Crippen LogP contribution is -2.43. The van der Waals surface area contributed by atoms with Gasteiger partial charge in [0.1, 0.15) is 5.60 Å². The van der Waals surface area contributed by atoms with Crippen molar-refractivity contribution in [1.82, 2.24) is 4.90 Å². The summed E-state index contributed by atoms with van der Waals surface area (Å²) in [5.41, 5.74) is 4.84. The fraction of sp³-hybridized carbons (Fsp3) is 0.929. The molecule has 118 valence electrons. The fourth-order valence-electron chi connectivity index (χ4n) is 2.35. The van der Waals surface area contributed by atoms with Gasteiger partial charge in [0.25, 0.3) is 6.43 Å². The highest BCUT2D eigenvalue weighted by molar-refractivity contribution is 5.68. The molecule has 2 N–H and O–H groups in total. The number of likely N-dealkylation sites (tertiary alicyclic amines) is 1. The number of carbonyl (C=O) groups excluding carboxylic acids is 1. The Morgan fingerprint density at radius 1 is 1.45 bits per heavy atom. The zero-order valence-electron chi connectivity index (χ0n) is 12.6. The van der Waals surface area contributed by atoms with Gasteiger partial charge in [0.15, 0.2) is 0 Å². The SMILES string of the molecule is CC(C)(C)OC(=O)N1CCCC(CCC(N)C(F)F)C1. The standard InChI is InChI=1S/C14H26F2N2O2/c1-14(2,3)20-13(19)18-8-4-5-10(9-18)6-7-11(17)12(15)16/h10-12H,4-9,17H2,1-3H3. The molecule has 0 bridgehead atoms. The molecule has 1 saturated heterocycles. The molecular weight excluding hydrogens is 266 g/mol. The van der Waals surface area contributed by atoms with Crippen LogP contribution in [-0.4, -0.2) is 42.2 Å². The number of piperidine rings is 1. The molecule has 1 rings (SSSR count). The molecule has 2 unspecified atom stereocenters. The summed E-state index contributed by atoms with van der Waals surface area (Å²) in [5.74, 6) is 0.237. The molecule has 0 aromatic heterocycles.